The van der Waals surface area contributed by atoms with Gasteiger partial charge in [0.05, 0.1) is 7.11 Å². The Morgan fingerprint density at radius 1 is 1.06 bits per heavy atom. The van der Waals surface area contributed by atoms with Gasteiger partial charge in [0.25, 0.3) is 0 Å². The van der Waals surface area contributed by atoms with Gasteiger partial charge in [0, 0.05) is 50.9 Å². The van der Waals surface area contributed by atoms with Crippen LogP contribution in [0, 0.1) is 11.8 Å². The topological polar surface area (TPSA) is 56.2 Å². The van der Waals surface area contributed by atoms with Crippen molar-refractivity contribution in [3.8, 4) is 17.6 Å². The molecule has 0 aromatic heterocycles. The maximum Gasteiger partial charge on any atom is 0.120 e. The Bertz CT molecular complexity index is 893. The fourth-order valence-corrected chi connectivity index (χ4v) is 3.91. The van der Waals surface area contributed by atoms with E-state index < -0.39 is 5.60 Å². The molecular weight excluding hydrogens is 388 g/mol. The highest BCUT2D eigenvalue weighted by atomic mass is 16.5. The van der Waals surface area contributed by atoms with Crippen LogP contribution in [0.4, 0.5) is 0 Å². The number of nitrogens with zero attached hydrogens (tertiary/aromatic N) is 2. The van der Waals surface area contributed by atoms with Crippen LogP contribution in [0.15, 0.2) is 48.5 Å². The first-order valence-electron chi connectivity index (χ1n) is 10.9. The van der Waals surface area contributed by atoms with Gasteiger partial charge in [0.2, 0.25) is 0 Å². The number of aliphatic hydroxyl groups is 2. The van der Waals surface area contributed by atoms with E-state index in [2.05, 4.69) is 45.9 Å². The summed E-state index contributed by atoms with van der Waals surface area (Å²) in [4.78, 5) is 4.93. The monoisotopic (exact) mass is 422 g/mol. The van der Waals surface area contributed by atoms with E-state index in [0.717, 1.165) is 50.5 Å². The number of ether oxygens (including phenoxy) is 1. The minimum Gasteiger partial charge on any atom is -0.497 e. The number of aliphatic hydroxyl groups excluding tert-OH is 1. The summed E-state index contributed by atoms with van der Waals surface area (Å²) in [5.41, 5.74) is 2.41. The second-order valence-electron chi connectivity index (χ2n) is 8.73. The molecule has 0 amide bonds. The molecule has 1 heterocycles. The van der Waals surface area contributed by atoms with Crippen molar-refractivity contribution in [3.05, 3.63) is 65.2 Å². The second-order valence-corrected chi connectivity index (χ2v) is 8.73. The Kier molecular flexibility index (Phi) is 8.11. The lowest BCUT2D eigenvalue weighted by molar-refractivity contribution is 0.0499. The minimum atomic E-state index is -0.981. The van der Waals surface area contributed by atoms with Gasteiger partial charge in [-0.2, -0.15) is 0 Å². The van der Waals surface area contributed by atoms with Gasteiger partial charge in [0.15, 0.2) is 0 Å². The molecule has 0 radical (unpaired) electrons. The van der Waals surface area contributed by atoms with E-state index in [4.69, 9.17) is 4.74 Å². The molecule has 1 atom stereocenters. The molecule has 2 aromatic carbocycles. The molecule has 1 saturated heterocycles. The summed E-state index contributed by atoms with van der Waals surface area (Å²) in [7, 11) is 1.69. The average Bonchev–Trinajstić information content (AvgIpc) is 2.75. The zero-order valence-corrected chi connectivity index (χ0v) is 18.8. The second kappa shape index (κ2) is 10.8. The van der Waals surface area contributed by atoms with Crippen LogP contribution in [-0.4, -0.2) is 65.0 Å². The summed E-state index contributed by atoms with van der Waals surface area (Å²) >= 11 is 0. The number of methoxy groups -OCH3 is 1. The normalized spacial score (nSPS) is 17.8. The Balaban J connectivity index is 1.60. The Hall–Kier alpha value is -2.36. The van der Waals surface area contributed by atoms with E-state index in [9.17, 15) is 10.2 Å². The standard InChI is InChI=1S/C26H34N2O3/c1-26(2,30)13-11-21-7-9-22(10-8-21)18-27-14-15-28(24(20-27)12-16-29)19-23-5-4-6-25(17-23)31-3/h4-10,17,24,29-30H,12,14-16,18-20H2,1-3H3/t24-/m0/s1. The summed E-state index contributed by atoms with van der Waals surface area (Å²) in [5, 5.41) is 19.4. The van der Waals surface area contributed by atoms with Crippen molar-refractivity contribution in [1.82, 2.24) is 9.80 Å². The van der Waals surface area contributed by atoms with Gasteiger partial charge in [-0.05, 0) is 55.7 Å². The van der Waals surface area contributed by atoms with E-state index >= 15 is 0 Å². The van der Waals surface area contributed by atoms with Gasteiger partial charge in [-0.25, -0.2) is 0 Å². The molecule has 166 valence electrons. The van der Waals surface area contributed by atoms with Crippen LogP contribution in [0.2, 0.25) is 0 Å². The third kappa shape index (κ3) is 7.37. The molecule has 2 N–H and O–H groups in total. The fourth-order valence-electron chi connectivity index (χ4n) is 3.91. The van der Waals surface area contributed by atoms with Crippen molar-refractivity contribution in [3.63, 3.8) is 0 Å². The summed E-state index contributed by atoms with van der Waals surface area (Å²) in [6.45, 7) is 8.21. The van der Waals surface area contributed by atoms with Crippen molar-refractivity contribution in [2.75, 3.05) is 33.4 Å². The van der Waals surface area contributed by atoms with Crippen LogP contribution in [0.5, 0.6) is 5.75 Å². The quantitative estimate of drug-likeness (QED) is 0.672. The molecule has 3 rings (SSSR count). The van der Waals surface area contributed by atoms with Gasteiger partial charge in [-0.15, -0.1) is 0 Å². The maximum absolute atomic E-state index is 9.75. The molecule has 5 heteroatoms. The Labute approximate surface area is 186 Å². The predicted molar refractivity (Wildman–Crippen MR) is 124 cm³/mol. The zero-order chi connectivity index (χ0) is 22.3. The van der Waals surface area contributed by atoms with E-state index in [0.29, 0.717) is 6.04 Å². The molecule has 0 saturated carbocycles. The molecule has 5 nitrogen and oxygen atoms in total. The number of hydrogen-bond donors (Lipinski definition) is 2. The fraction of sp³-hybridized carbons (Fsp3) is 0.462. The smallest absolute Gasteiger partial charge is 0.120 e. The number of rotatable bonds is 7. The summed E-state index contributed by atoms with van der Waals surface area (Å²) in [5.74, 6) is 6.75. The van der Waals surface area contributed by atoms with Crippen molar-refractivity contribution in [2.24, 2.45) is 0 Å². The van der Waals surface area contributed by atoms with Gasteiger partial charge < -0.3 is 14.9 Å². The molecule has 2 aromatic rings. The van der Waals surface area contributed by atoms with E-state index in [1.54, 1.807) is 21.0 Å². The lowest BCUT2D eigenvalue weighted by Crippen LogP contribution is -2.52. The summed E-state index contributed by atoms with van der Waals surface area (Å²) < 4.78 is 5.35. The molecule has 0 unspecified atom stereocenters. The van der Waals surface area contributed by atoms with Crippen molar-refractivity contribution in [1.29, 1.82) is 0 Å². The SMILES string of the molecule is COc1cccc(CN2CCN(Cc3ccc(C#CC(C)(C)O)cc3)C[C@@H]2CCO)c1. The van der Waals surface area contributed by atoms with E-state index in [1.807, 2.05) is 24.3 Å². The largest absolute Gasteiger partial charge is 0.497 e. The lowest BCUT2D eigenvalue weighted by Gasteiger charge is -2.41. The molecule has 1 aliphatic rings. The van der Waals surface area contributed by atoms with Crippen LogP contribution in [-0.2, 0) is 13.1 Å². The zero-order valence-electron chi connectivity index (χ0n) is 18.8. The molecule has 0 bridgehead atoms. The first-order valence-corrected chi connectivity index (χ1v) is 10.9. The molecule has 0 spiro atoms. The maximum atomic E-state index is 9.75. The van der Waals surface area contributed by atoms with Crippen LogP contribution in [0.25, 0.3) is 0 Å². The third-order valence-corrected chi connectivity index (χ3v) is 5.54. The summed E-state index contributed by atoms with van der Waals surface area (Å²) in [6.07, 6.45) is 0.770. The molecule has 31 heavy (non-hydrogen) atoms. The van der Waals surface area contributed by atoms with Crippen LogP contribution >= 0.6 is 0 Å². The lowest BCUT2D eigenvalue weighted by atomic mass is 10.0. The van der Waals surface area contributed by atoms with E-state index in [1.165, 1.54) is 11.1 Å². The number of piperazine rings is 1. The van der Waals surface area contributed by atoms with Gasteiger partial charge in [-0.1, -0.05) is 36.1 Å². The van der Waals surface area contributed by atoms with Gasteiger partial charge in [0.1, 0.15) is 11.4 Å². The van der Waals surface area contributed by atoms with Crippen molar-refractivity contribution >= 4 is 0 Å². The highest BCUT2D eigenvalue weighted by Gasteiger charge is 2.26. The molecular formula is C26H34N2O3. The van der Waals surface area contributed by atoms with Crippen LogP contribution in [0.3, 0.4) is 0 Å². The first kappa shape index (κ1) is 23.3. The highest BCUT2D eigenvalue weighted by Crippen LogP contribution is 2.20. The first-order chi connectivity index (χ1) is 14.9. The highest BCUT2D eigenvalue weighted by molar-refractivity contribution is 5.37. The Morgan fingerprint density at radius 3 is 2.52 bits per heavy atom. The van der Waals surface area contributed by atoms with Crippen molar-refractivity contribution < 1.29 is 14.9 Å². The number of benzene rings is 2. The van der Waals surface area contributed by atoms with Crippen LogP contribution in [0.1, 0.15) is 37.0 Å². The number of hydrogen-bond acceptors (Lipinski definition) is 5. The van der Waals surface area contributed by atoms with Gasteiger partial charge in [-0.3, -0.25) is 9.80 Å². The van der Waals surface area contributed by atoms with Gasteiger partial charge >= 0.3 is 0 Å². The Morgan fingerprint density at radius 2 is 1.84 bits per heavy atom. The van der Waals surface area contributed by atoms with Crippen LogP contribution < -0.4 is 4.74 Å². The molecule has 1 fully saturated rings. The predicted octanol–water partition coefficient (Wildman–Crippen LogP) is 2.89. The average molecular weight is 423 g/mol. The minimum absolute atomic E-state index is 0.196. The third-order valence-electron chi connectivity index (χ3n) is 5.54. The molecule has 1 aliphatic heterocycles. The van der Waals surface area contributed by atoms with E-state index in [-0.39, 0.29) is 6.61 Å². The summed E-state index contributed by atoms with van der Waals surface area (Å²) in [6, 6.07) is 16.8. The van der Waals surface area contributed by atoms with Crippen molar-refractivity contribution in [2.45, 2.75) is 45.0 Å². The molecule has 0 aliphatic carbocycles.